The smallest absolute Gasteiger partial charge is 0.105 e. The first-order valence-corrected chi connectivity index (χ1v) is 17.1. The minimum absolute atomic E-state index is 0.224. The molecule has 2 aromatic heterocycles. The Labute approximate surface area is 285 Å². The fraction of sp³-hybridized carbons (Fsp3) is 0.0870. The number of rotatable bonds is 3. The lowest BCUT2D eigenvalue weighted by atomic mass is 9.75. The zero-order chi connectivity index (χ0) is 32.4. The number of hydrogen-bond donors (Lipinski definition) is 0. The second-order valence-corrected chi connectivity index (χ2v) is 14.3. The molecule has 0 N–H and O–H groups in total. The number of hydrogen-bond acceptors (Lipinski definition) is 1. The summed E-state index contributed by atoms with van der Waals surface area (Å²) in [4.78, 5) is 1.31. The highest BCUT2D eigenvalue weighted by Crippen LogP contribution is 2.42. The Morgan fingerprint density at radius 1 is 0.729 bits per heavy atom. The molecule has 0 aliphatic heterocycles. The van der Waals surface area contributed by atoms with E-state index in [1.807, 2.05) is 23.5 Å². The molecule has 2 heterocycles. The standard InChI is InChI=1S/C46H31NS/c1-30-18-25-45-40(37-16-10-11-17-44(37)48-45)29-35-26-36(21-22-41(35)46(30,2)3)47-42-23-19-33(31-12-6-4-7-13-31)27-38(42)39-28-34(20-24-43(39)47)32-14-8-5-9-15-32/h4,6-8,10-18,20-22,24-28H,1,29H2,2-3H3/b25-18-. The van der Waals surface area contributed by atoms with Crippen LogP contribution in [-0.4, -0.2) is 4.57 Å². The fourth-order valence-electron chi connectivity index (χ4n) is 7.30. The van der Waals surface area contributed by atoms with Crippen molar-refractivity contribution in [1.82, 2.24) is 4.57 Å². The zero-order valence-corrected chi connectivity index (χ0v) is 27.7. The van der Waals surface area contributed by atoms with Crippen LogP contribution in [0.1, 0.15) is 35.4 Å². The van der Waals surface area contributed by atoms with E-state index in [4.69, 9.17) is 0 Å². The first-order valence-electron chi connectivity index (χ1n) is 16.3. The molecule has 0 fully saturated rings. The number of allylic oxidation sites excluding steroid dienone is 2. The van der Waals surface area contributed by atoms with E-state index in [1.54, 1.807) is 0 Å². The van der Waals surface area contributed by atoms with Gasteiger partial charge in [-0.1, -0.05) is 105 Å². The molecule has 0 radical (unpaired) electrons. The van der Waals surface area contributed by atoms with Crippen LogP contribution < -0.4 is 0 Å². The Morgan fingerprint density at radius 2 is 1.58 bits per heavy atom. The van der Waals surface area contributed by atoms with E-state index in [2.05, 4.69) is 165 Å². The summed E-state index contributed by atoms with van der Waals surface area (Å²) < 4.78 is 3.69. The van der Waals surface area contributed by atoms with E-state index >= 15 is 0 Å². The minimum atomic E-state index is -0.224. The first-order chi connectivity index (χ1) is 23.5. The molecule has 48 heavy (non-hydrogen) atoms. The lowest BCUT2D eigenvalue weighted by Crippen LogP contribution is -2.21. The van der Waals surface area contributed by atoms with Gasteiger partial charge in [-0.3, -0.25) is 0 Å². The average Bonchev–Trinajstić information content (AvgIpc) is 3.65. The van der Waals surface area contributed by atoms with Gasteiger partial charge in [0.25, 0.3) is 0 Å². The van der Waals surface area contributed by atoms with Crippen molar-refractivity contribution in [3.05, 3.63) is 179 Å². The average molecular weight is 630 g/mol. The number of thiophene rings is 1. The van der Waals surface area contributed by atoms with Gasteiger partial charge < -0.3 is 4.57 Å². The lowest BCUT2D eigenvalue weighted by molar-refractivity contribution is 0.635. The number of nitrogens with zero attached hydrogens (tertiary/aromatic N) is 1. The third-order valence-corrected chi connectivity index (χ3v) is 11.2. The number of benzene rings is 4. The molecule has 6 aromatic carbocycles. The molecule has 2 heteroatoms. The SMILES string of the molecule is C=C1/C=C\c2sc3ccccc3c2Cc2cc(-n3c4c#cc(-c5ccccc5)cc4c4cc(-c5cc#ccc5)ccc43)ccc2C1(C)C. The third-order valence-electron chi connectivity index (χ3n) is 10.0. The number of fused-ring (bicyclic) bond motifs is 7. The Bertz CT molecular complexity index is 2460. The van der Waals surface area contributed by atoms with Crippen molar-refractivity contribution in [2.75, 3.05) is 0 Å². The molecule has 0 unspecified atom stereocenters. The summed E-state index contributed by atoms with van der Waals surface area (Å²) in [5.74, 6) is 0. The Morgan fingerprint density at radius 3 is 2.44 bits per heavy atom. The van der Waals surface area contributed by atoms with Crippen LogP contribution in [0, 0.1) is 24.3 Å². The van der Waals surface area contributed by atoms with Crippen LogP contribution in [0.15, 0.2) is 133 Å². The van der Waals surface area contributed by atoms with Gasteiger partial charge in [-0.2, -0.15) is 0 Å². The molecule has 0 amide bonds. The summed E-state index contributed by atoms with van der Waals surface area (Å²) >= 11 is 1.87. The topological polar surface area (TPSA) is 4.93 Å². The lowest BCUT2D eigenvalue weighted by Gasteiger charge is -2.29. The molecule has 0 bridgehead atoms. The summed E-state index contributed by atoms with van der Waals surface area (Å²) in [5.41, 5.74) is 12.6. The van der Waals surface area contributed by atoms with E-state index < -0.39 is 0 Å². The molecule has 1 aliphatic carbocycles. The van der Waals surface area contributed by atoms with Crippen LogP contribution in [-0.2, 0) is 11.8 Å². The molecular weight excluding hydrogens is 599 g/mol. The van der Waals surface area contributed by atoms with Gasteiger partial charge in [-0.25, -0.2) is 0 Å². The summed E-state index contributed by atoms with van der Waals surface area (Å²) in [5, 5.41) is 3.68. The van der Waals surface area contributed by atoms with Gasteiger partial charge in [0.05, 0.1) is 5.52 Å². The van der Waals surface area contributed by atoms with Crippen LogP contribution >= 0.6 is 11.3 Å². The van der Waals surface area contributed by atoms with Crippen LogP contribution in [0.5, 0.6) is 0 Å². The van der Waals surface area contributed by atoms with Crippen molar-refractivity contribution in [2.24, 2.45) is 0 Å². The molecule has 8 aromatic rings. The highest BCUT2D eigenvalue weighted by molar-refractivity contribution is 7.20. The van der Waals surface area contributed by atoms with Gasteiger partial charge in [0.1, 0.15) is 5.52 Å². The molecular formula is C46H31NS. The van der Waals surface area contributed by atoms with Gasteiger partial charge in [0.15, 0.2) is 0 Å². The van der Waals surface area contributed by atoms with Crippen molar-refractivity contribution >= 4 is 49.3 Å². The minimum Gasteiger partial charge on any atom is -0.302 e. The molecule has 226 valence electrons. The Hall–Kier alpha value is -5.80. The maximum Gasteiger partial charge on any atom is 0.105 e. The maximum absolute atomic E-state index is 4.56. The predicted octanol–water partition coefficient (Wildman–Crippen LogP) is 12.0. The van der Waals surface area contributed by atoms with Crippen molar-refractivity contribution in [3.8, 4) is 27.9 Å². The summed E-state index contributed by atoms with van der Waals surface area (Å²) in [6.07, 6.45) is 5.35. The van der Waals surface area contributed by atoms with E-state index in [0.717, 1.165) is 56.4 Å². The molecule has 9 rings (SSSR count). The van der Waals surface area contributed by atoms with Crippen molar-refractivity contribution in [3.63, 3.8) is 0 Å². The molecule has 0 atom stereocenters. The summed E-state index contributed by atoms with van der Waals surface area (Å²) in [7, 11) is 0. The Kier molecular flexibility index (Phi) is 6.45. The van der Waals surface area contributed by atoms with Gasteiger partial charge in [-0.15, -0.1) is 11.3 Å². The monoisotopic (exact) mass is 629 g/mol. The van der Waals surface area contributed by atoms with E-state index in [-0.39, 0.29) is 5.41 Å². The van der Waals surface area contributed by atoms with Gasteiger partial charge >= 0.3 is 0 Å². The second kappa shape index (κ2) is 10.9. The van der Waals surface area contributed by atoms with Gasteiger partial charge in [0.2, 0.25) is 0 Å². The highest BCUT2D eigenvalue weighted by Gasteiger charge is 2.28. The van der Waals surface area contributed by atoms with Crippen LogP contribution in [0.2, 0.25) is 0 Å². The van der Waals surface area contributed by atoms with Gasteiger partial charge in [-0.05, 0) is 118 Å². The van der Waals surface area contributed by atoms with E-state index in [9.17, 15) is 0 Å². The molecule has 0 saturated heterocycles. The van der Waals surface area contributed by atoms with Crippen LogP contribution in [0.3, 0.4) is 0 Å². The van der Waals surface area contributed by atoms with Crippen molar-refractivity contribution < 1.29 is 0 Å². The predicted molar refractivity (Wildman–Crippen MR) is 203 cm³/mol. The Balaban J connectivity index is 1.29. The molecule has 0 spiro atoms. The highest BCUT2D eigenvalue weighted by atomic mass is 32.1. The van der Waals surface area contributed by atoms with Crippen LogP contribution in [0.25, 0.3) is 65.9 Å². The summed E-state index contributed by atoms with van der Waals surface area (Å²) in [6, 6.07) is 54.6. The second-order valence-electron chi connectivity index (χ2n) is 13.2. The molecule has 1 nitrogen and oxygen atoms in total. The molecule has 0 saturated carbocycles. The maximum atomic E-state index is 4.56. The summed E-state index contributed by atoms with van der Waals surface area (Å²) in [6.45, 7) is 9.15. The van der Waals surface area contributed by atoms with E-state index in [0.29, 0.717) is 0 Å². The van der Waals surface area contributed by atoms with Crippen molar-refractivity contribution in [2.45, 2.75) is 25.7 Å². The normalized spacial score (nSPS) is 14.4. The zero-order valence-electron chi connectivity index (χ0n) is 26.9. The fourth-order valence-corrected chi connectivity index (χ4v) is 8.42. The third kappa shape index (κ3) is 4.50. The van der Waals surface area contributed by atoms with Crippen molar-refractivity contribution in [1.29, 1.82) is 0 Å². The first kappa shape index (κ1) is 28.4. The van der Waals surface area contributed by atoms with E-state index in [1.165, 1.54) is 37.0 Å². The molecule has 1 aliphatic rings. The number of aromatic nitrogens is 1. The van der Waals surface area contributed by atoms with Gasteiger partial charge in [0, 0.05) is 37.0 Å². The quantitative estimate of drug-likeness (QED) is 0.183. The van der Waals surface area contributed by atoms with Crippen LogP contribution in [0.4, 0.5) is 0 Å². The largest absolute Gasteiger partial charge is 0.302 e.